The van der Waals surface area contributed by atoms with Crippen molar-refractivity contribution in [1.82, 2.24) is 4.72 Å². The zero-order chi connectivity index (χ0) is 17.1. The Kier molecular flexibility index (Phi) is 5.61. The van der Waals surface area contributed by atoms with Gasteiger partial charge < -0.3 is 5.11 Å². The van der Waals surface area contributed by atoms with Gasteiger partial charge in [-0.15, -0.1) is 0 Å². The molecular formula is C13H18N2O6S. The number of nitro benzene ring substituents is 1. The number of nitrogens with one attached hydrogen (secondary N) is 1. The number of carboxylic acid groups (broad SMARTS) is 1. The lowest BCUT2D eigenvalue weighted by Crippen LogP contribution is -2.45. The minimum Gasteiger partial charge on any atom is -0.480 e. The molecule has 122 valence electrons. The van der Waals surface area contributed by atoms with Gasteiger partial charge in [0.05, 0.1) is 9.82 Å². The fourth-order valence-corrected chi connectivity index (χ4v) is 3.53. The molecule has 0 unspecified atom stereocenters. The molecule has 0 fully saturated rings. The van der Waals surface area contributed by atoms with Crippen molar-refractivity contribution >= 4 is 21.7 Å². The highest BCUT2D eigenvalue weighted by molar-refractivity contribution is 7.89. The van der Waals surface area contributed by atoms with E-state index in [0.29, 0.717) is 6.42 Å². The van der Waals surface area contributed by atoms with Gasteiger partial charge in [-0.3, -0.25) is 14.9 Å². The molecule has 2 N–H and O–H groups in total. The van der Waals surface area contributed by atoms with Gasteiger partial charge in [-0.05, 0) is 18.9 Å². The standard InChI is InChI=1S/C13H18N2O6S/c1-4-8(2)12(13(16)17)14-22(20,21)11-7-5-6-10(9(11)3)15(18)19/h5-8,12,14H,4H2,1-3H3,(H,16,17)/t8-,12-/m0/s1. The summed E-state index contributed by atoms with van der Waals surface area (Å²) in [5.74, 6) is -1.72. The number of nitrogens with zero attached hydrogens (tertiary/aromatic N) is 1. The third-order valence-corrected chi connectivity index (χ3v) is 5.09. The van der Waals surface area contributed by atoms with Gasteiger partial charge in [-0.25, -0.2) is 8.42 Å². The van der Waals surface area contributed by atoms with Crippen LogP contribution in [0.1, 0.15) is 25.8 Å². The Morgan fingerprint density at radius 2 is 2.05 bits per heavy atom. The van der Waals surface area contributed by atoms with E-state index in [1.165, 1.54) is 25.1 Å². The van der Waals surface area contributed by atoms with Gasteiger partial charge in [0, 0.05) is 11.6 Å². The van der Waals surface area contributed by atoms with E-state index in [2.05, 4.69) is 4.72 Å². The summed E-state index contributed by atoms with van der Waals surface area (Å²) in [5, 5.41) is 20.0. The van der Waals surface area contributed by atoms with Crippen LogP contribution in [-0.2, 0) is 14.8 Å². The molecule has 0 aromatic heterocycles. The Hall–Kier alpha value is -2.00. The third kappa shape index (κ3) is 3.80. The molecule has 0 bridgehead atoms. The van der Waals surface area contributed by atoms with Crippen LogP contribution < -0.4 is 4.72 Å². The van der Waals surface area contributed by atoms with Gasteiger partial charge in [-0.1, -0.05) is 26.3 Å². The largest absolute Gasteiger partial charge is 0.480 e. The van der Waals surface area contributed by atoms with Crippen LogP contribution in [0, 0.1) is 23.0 Å². The number of aliphatic carboxylic acids is 1. The van der Waals surface area contributed by atoms with E-state index in [9.17, 15) is 23.3 Å². The van der Waals surface area contributed by atoms with Crippen LogP contribution >= 0.6 is 0 Å². The molecule has 0 saturated heterocycles. The molecule has 0 aliphatic heterocycles. The van der Waals surface area contributed by atoms with E-state index in [0.717, 1.165) is 0 Å². The maximum Gasteiger partial charge on any atom is 0.322 e. The van der Waals surface area contributed by atoms with Crippen molar-refractivity contribution in [2.24, 2.45) is 5.92 Å². The summed E-state index contributed by atoms with van der Waals surface area (Å²) >= 11 is 0. The smallest absolute Gasteiger partial charge is 0.322 e. The summed E-state index contributed by atoms with van der Waals surface area (Å²) in [6.07, 6.45) is 0.466. The highest BCUT2D eigenvalue weighted by atomic mass is 32.2. The molecule has 1 aromatic rings. The van der Waals surface area contributed by atoms with Crippen molar-refractivity contribution in [1.29, 1.82) is 0 Å². The molecule has 0 aliphatic rings. The van der Waals surface area contributed by atoms with Crippen LogP contribution in [0.15, 0.2) is 23.1 Å². The first-order chi connectivity index (χ1) is 10.1. The van der Waals surface area contributed by atoms with Crippen LogP contribution in [0.4, 0.5) is 5.69 Å². The fraction of sp³-hybridized carbons (Fsp3) is 0.462. The first kappa shape index (κ1) is 18.1. The molecule has 9 heteroatoms. The van der Waals surface area contributed by atoms with E-state index in [4.69, 9.17) is 5.11 Å². The summed E-state index contributed by atoms with van der Waals surface area (Å²) in [6, 6.07) is 2.35. The molecule has 0 radical (unpaired) electrons. The second-order valence-electron chi connectivity index (χ2n) is 4.98. The van der Waals surface area contributed by atoms with Gasteiger partial charge >= 0.3 is 5.97 Å². The van der Waals surface area contributed by atoms with E-state index in [1.807, 2.05) is 0 Å². The lowest BCUT2D eigenvalue weighted by molar-refractivity contribution is -0.385. The number of carbonyl (C=O) groups is 1. The summed E-state index contributed by atoms with van der Waals surface area (Å²) in [4.78, 5) is 21.1. The molecular weight excluding hydrogens is 312 g/mol. The predicted molar refractivity (Wildman–Crippen MR) is 79.0 cm³/mol. The van der Waals surface area contributed by atoms with Crippen molar-refractivity contribution in [3.05, 3.63) is 33.9 Å². The van der Waals surface area contributed by atoms with Crippen LogP contribution in [0.2, 0.25) is 0 Å². The zero-order valence-electron chi connectivity index (χ0n) is 12.4. The van der Waals surface area contributed by atoms with E-state index >= 15 is 0 Å². The Morgan fingerprint density at radius 3 is 2.50 bits per heavy atom. The topological polar surface area (TPSA) is 127 Å². The first-order valence-corrected chi connectivity index (χ1v) is 8.09. The maximum atomic E-state index is 12.4. The SMILES string of the molecule is CC[C@H](C)[C@H](NS(=O)(=O)c1cccc([N+](=O)[O-])c1C)C(=O)O. The second-order valence-corrected chi connectivity index (χ2v) is 6.66. The Labute approximate surface area is 128 Å². The molecule has 0 aliphatic carbocycles. The van der Waals surface area contributed by atoms with Crippen molar-refractivity contribution in [3.63, 3.8) is 0 Å². The maximum absolute atomic E-state index is 12.4. The second kappa shape index (κ2) is 6.84. The average molecular weight is 330 g/mol. The number of sulfonamides is 1. The number of rotatable bonds is 7. The number of benzene rings is 1. The molecule has 0 saturated carbocycles. The van der Waals surface area contributed by atoms with Crippen LogP contribution in [0.3, 0.4) is 0 Å². The van der Waals surface area contributed by atoms with Crippen molar-refractivity contribution < 1.29 is 23.2 Å². The highest BCUT2D eigenvalue weighted by Gasteiger charge is 2.31. The van der Waals surface area contributed by atoms with E-state index < -0.39 is 32.9 Å². The normalized spacial score (nSPS) is 14.3. The predicted octanol–water partition coefficient (Wildman–Crippen LogP) is 1.68. The molecule has 1 rings (SSSR count). The van der Waals surface area contributed by atoms with E-state index in [-0.39, 0.29) is 16.1 Å². The van der Waals surface area contributed by atoms with Gasteiger partial charge in [0.15, 0.2) is 0 Å². The minimum absolute atomic E-state index is 0.0340. The molecule has 1 aromatic carbocycles. The molecule has 8 nitrogen and oxygen atoms in total. The number of carboxylic acids is 1. The van der Waals surface area contributed by atoms with Crippen molar-refractivity contribution in [2.75, 3.05) is 0 Å². The highest BCUT2D eigenvalue weighted by Crippen LogP contribution is 2.25. The van der Waals surface area contributed by atoms with Crippen LogP contribution in [-0.4, -0.2) is 30.5 Å². The summed E-state index contributed by atoms with van der Waals surface area (Å²) in [6.45, 7) is 4.67. The molecule has 0 heterocycles. The zero-order valence-corrected chi connectivity index (χ0v) is 13.3. The quantitative estimate of drug-likeness (QED) is 0.578. The first-order valence-electron chi connectivity index (χ1n) is 6.61. The summed E-state index contributed by atoms with van der Waals surface area (Å²) in [7, 11) is -4.18. The fourth-order valence-electron chi connectivity index (χ4n) is 1.97. The lowest BCUT2D eigenvalue weighted by Gasteiger charge is -2.20. The molecule has 0 spiro atoms. The Balaban J connectivity index is 3.28. The lowest BCUT2D eigenvalue weighted by atomic mass is 10.0. The van der Waals surface area contributed by atoms with Crippen molar-refractivity contribution in [2.45, 2.75) is 38.1 Å². The number of nitro groups is 1. The van der Waals surface area contributed by atoms with Gasteiger partial charge in [-0.2, -0.15) is 4.72 Å². The molecule has 0 amide bonds. The molecule has 2 atom stereocenters. The monoisotopic (exact) mass is 330 g/mol. The summed E-state index contributed by atoms with van der Waals surface area (Å²) < 4.78 is 26.8. The number of hydrogen-bond donors (Lipinski definition) is 2. The van der Waals surface area contributed by atoms with Crippen molar-refractivity contribution in [3.8, 4) is 0 Å². The Morgan fingerprint density at radius 1 is 1.45 bits per heavy atom. The number of hydrogen-bond acceptors (Lipinski definition) is 5. The average Bonchev–Trinajstić information content (AvgIpc) is 2.43. The summed E-state index contributed by atoms with van der Waals surface area (Å²) in [5.41, 5.74) is -0.369. The third-order valence-electron chi connectivity index (χ3n) is 3.50. The van der Waals surface area contributed by atoms with Crippen LogP contribution in [0.25, 0.3) is 0 Å². The van der Waals surface area contributed by atoms with Gasteiger partial charge in [0.25, 0.3) is 5.69 Å². The van der Waals surface area contributed by atoms with E-state index in [1.54, 1.807) is 13.8 Å². The van der Waals surface area contributed by atoms with Gasteiger partial charge in [0.1, 0.15) is 6.04 Å². The van der Waals surface area contributed by atoms with Gasteiger partial charge in [0.2, 0.25) is 10.0 Å². The minimum atomic E-state index is -4.18. The van der Waals surface area contributed by atoms with Crippen LogP contribution in [0.5, 0.6) is 0 Å². The molecule has 22 heavy (non-hydrogen) atoms. The Bertz CT molecular complexity index is 686.